The Kier molecular flexibility index (Phi) is 5.35. The lowest BCUT2D eigenvalue weighted by atomic mass is 10.0. The smallest absolute Gasteiger partial charge is 0.336 e. The predicted octanol–water partition coefficient (Wildman–Crippen LogP) is 4.92. The van der Waals surface area contributed by atoms with Gasteiger partial charge in [0.15, 0.2) is 11.7 Å². The molecule has 0 atom stereocenters. The summed E-state index contributed by atoms with van der Waals surface area (Å²) in [5.41, 5.74) is 5.38. The standard InChI is InChI=1S/C26H23NO5/c1-16-5-7-17(8-6-16)23-14-27-24(31-23)9-10-25(28)30-15-20-13-26(29)32-22-12-19-4-2-3-18(19)11-21(20)22/h5-8,11-14H,2-4,9-10,15H2,1H3. The topological polar surface area (TPSA) is 82.5 Å². The molecule has 0 bridgehead atoms. The number of oxazole rings is 1. The average Bonchev–Trinajstić information content (AvgIpc) is 3.44. The van der Waals surface area contributed by atoms with Crippen LogP contribution in [0.5, 0.6) is 0 Å². The summed E-state index contributed by atoms with van der Waals surface area (Å²) in [5.74, 6) is 0.782. The zero-order valence-electron chi connectivity index (χ0n) is 17.8. The van der Waals surface area contributed by atoms with E-state index in [1.165, 1.54) is 22.8 Å². The van der Waals surface area contributed by atoms with E-state index >= 15 is 0 Å². The molecule has 0 aliphatic heterocycles. The quantitative estimate of drug-likeness (QED) is 0.320. The number of rotatable bonds is 6. The van der Waals surface area contributed by atoms with Gasteiger partial charge in [0.1, 0.15) is 12.2 Å². The summed E-state index contributed by atoms with van der Waals surface area (Å²) < 4.78 is 16.6. The molecule has 0 spiro atoms. The van der Waals surface area contributed by atoms with Crippen LogP contribution in [0, 0.1) is 6.92 Å². The highest BCUT2D eigenvalue weighted by atomic mass is 16.5. The van der Waals surface area contributed by atoms with Crippen LogP contribution in [0.1, 0.15) is 41.0 Å². The van der Waals surface area contributed by atoms with Gasteiger partial charge in [-0.15, -0.1) is 0 Å². The van der Waals surface area contributed by atoms with Crippen LogP contribution in [0.4, 0.5) is 0 Å². The van der Waals surface area contributed by atoms with Gasteiger partial charge in [-0.2, -0.15) is 0 Å². The molecule has 0 fully saturated rings. The summed E-state index contributed by atoms with van der Waals surface area (Å²) in [4.78, 5) is 28.6. The van der Waals surface area contributed by atoms with Crippen molar-refractivity contribution in [1.29, 1.82) is 0 Å². The molecule has 0 amide bonds. The minimum Gasteiger partial charge on any atom is -0.461 e. The fourth-order valence-corrected chi connectivity index (χ4v) is 4.13. The fraction of sp³-hybridized carbons (Fsp3) is 0.269. The summed E-state index contributed by atoms with van der Waals surface area (Å²) in [5, 5.41) is 0.827. The zero-order chi connectivity index (χ0) is 22.1. The third kappa shape index (κ3) is 4.21. The second kappa shape index (κ2) is 8.46. The number of aromatic nitrogens is 1. The number of carbonyl (C=O) groups is 1. The van der Waals surface area contributed by atoms with Crippen LogP contribution in [-0.4, -0.2) is 11.0 Å². The highest BCUT2D eigenvalue weighted by Gasteiger charge is 2.16. The maximum absolute atomic E-state index is 12.3. The Morgan fingerprint density at radius 1 is 1.06 bits per heavy atom. The molecular formula is C26H23NO5. The molecule has 0 unspecified atom stereocenters. The molecule has 1 aliphatic carbocycles. The second-order valence-corrected chi connectivity index (χ2v) is 8.21. The number of aryl methyl sites for hydroxylation is 4. The molecule has 2 heterocycles. The maximum Gasteiger partial charge on any atom is 0.336 e. The van der Waals surface area contributed by atoms with E-state index in [2.05, 4.69) is 11.1 Å². The van der Waals surface area contributed by atoms with Crippen LogP contribution in [0.25, 0.3) is 22.3 Å². The summed E-state index contributed by atoms with van der Waals surface area (Å²) in [6.45, 7) is 2.05. The van der Waals surface area contributed by atoms with E-state index in [4.69, 9.17) is 13.6 Å². The summed E-state index contributed by atoms with van der Waals surface area (Å²) in [6, 6.07) is 13.4. The first-order valence-electron chi connectivity index (χ1n) is 10.8. The Balaban J connectivity index is 1.23. The van der Waals surface area contributed by atoms with E-state index in [0.29, 0.717) is 29.2 Å². The first kappa shape index (κ1) is 20.2. The third-order valence-electron chi connectivity index (χ3n) is 5.86. The van der Waals surface area contributed by atoms with Gasteiger partial charge in [-0.3, -0.25) is 4.79 Å². The van der Waals surface area contributed by atoms with E-state index in [0.717, 1.165) is 30.2 Å². The van der Waals surface area contributed by atoms with E-state index < -0.39 is 5.63 Å². The number of esters is 1. The largest absolute Gasteiger partial charge is 0.461 e. The van der Waals surface area contributed by atoms with Crippen LogP contribution >= 0.6 is 0 Å². The first-order chi connectivity index (χ1) is 15.5. The number of ether oxygens (including phenoxy) is 1. The second-order valence-electron chi connectivity index (χ2n) is 8.21. The van der Waals surface area contributed by atoms with Gasteiger partial charge in [0, 0.05) is 29.0 Å². The van der Waals surface area contributed by atoms with Crippen LogP contribution < -0.4 is 5.63 Å². The van der Waals surface area contributed by atoms with Crippen LogP contribution in [-0.2, 0) is 35.4 Å². The monoisotopic (exact) mass is 429 g/mol. The molecule has 0 saturated heterocycles. The normalized spacial score (nSPS) is 12.8. The molecule has 4 aromatic rings. The number of hydrogen-bond donors (Lipinski definition) is 0. The Morgan fingerprint density at radius 2 is 1.84 bits per heavy atom. The number of fused-ring (bicyclic) bond motifs is 2. The van der Waals surface area contributed by atoms with Gasteiger partial charge >= 0.3 is 11.6 Å². The van der Waals surface area contributed by atoms with E-state index in [1.807, 2.05) is 37.3 Å². The molecule has 5 rings (SSSR count). The Hall–Kier alpha value is -3.67. The lowest BCUT2D eigenvalue weighted by molar-refractivity contribution is -0.144. The molecule has 2 aromatic carbocycles. The molecule has 162 valence electrons. The van der Waals surface area contributed by atoms with Crippen molar-refractivity contribution in [2.24, 2.45) is 0 Å². The summed E-state index contributed by atoms with van der Waals surface area (Å²) >= 11 is 0. The average molecular weight is 429 g/mol. The maximum atomic E-state index is 12.3. The lowest BCUT2D eigenvalue weighted by Crippen LogP contribution is -2.08. The minimum atomic E-state index is -0.440. The van der Waals surface area contributed by atoms with Crippen LogP contribution in [0.2, 0.25) is 0 Å². The van der Waals surface area contributed by atoms with Crippen molar-refractivity contribution in [3.05, 3.63) is 87.2 Å². The van der Waals surface area contributed by atoms with Crippen molar-refractivity contribution in [2.75, 3.05) is 0 Å². The summed E-state index contributed by atoms with van der Waals surface area (Å²) in [6.07, 6.45) is 5.27. The summed E-state index contributed by atoms with van der Waals surface area (Å²) in [7, 11) is 0. The molecular weight excluding hydrogens is 406 g/mol. The van der Waals surface area contributed by atoms with Gasteiger partial charge in [0.05, 0.1) is 12.6 Å². The Morgan fingerprint density at radius 3 is 2.66 bits per heavy atom. The van der Waals surface area contributed by atoms with Crippen LogP contribution in [0.15, 0.2) is 62.3 Å². The molecule has 0 N–H and O–H groups in total. The minimum absolute atomic E-state index is 0.0277. The lowest BCUT2D eigenvalue weighted by Gasteiger charge is -2.09. The zero-order valence-corrected chi connectivity index (χ0v) is 17.8. The number of nitrogens with zero attached hydrogens (tertiary/aromatic N) is 1. The van der Waals surface area contributed by atoms with Gasteiger partial charge in [0.2, 0.25) is 0 Å². The first-order valence-corrected chi connectivity index (χ1v) is 10.8. The van der Waals surface area contributed by atoms with E-state index in [1.54, 1.807) is 6.20 Å². The van der Waals surface area contributed by atoms with Crippen molar-refractivity contribution in [3.8, 4) is 11.3 Å². The Bertz CT molecular complexity index is 1350. The molecule has 0 saturated carbocycles. The predicted molar refractivity (Wildman–Crippen MR) is 119 cm³/mol. The van der Waals surface area contributed by atoms with Crippen molar-refractivity contribution >= 4 is 16.9 Å². The fourth-order valence-electron chi connectivity index (χ4n) is 4.13. The highest BCUT2D eigenvalue weighted by molar-refractivity contribution is 5.82. The molecule has 2 aromatic heterocycles. The van der Waals surface area contributed by atoms with Crippen molar-refractivity contribution in [2.45, 2.75) is 45.6 Å². The van der Waals surface area contributed by atoms with Gasteiger partial charge in [-0.05, 0) is 49.4 Å². The number of benzene rings is 2. The van der Waals surface area contributed by atoms with Gasteiger partial charge in [0.25, 0.3) is 0 Å². The third-order valence-corrected chi connectivity index (χ3v) is 5.86. The highest BCUT2D eigenvalue weighted by Crippen LogP contribution is 2.29. The van der Waals surface area contributed by atoms with E-state index in [9.17, 15) is 9.59 Å². The number of carbonyl (C=O) groups excluding carboxylic acids is 1. The molecule has 1 aliphatic rings. The SMILES string of the molecule is Cc1ccc(-c2cnc(CCC(=O)OCc3cc(=O)oc4cc5c(cc34)CCC5)o2)cc1. The van der Waals surface area contributed by atoms with Gasteiger partial charge < -0.3 is 13.6 Å². The van der Waals surface area contributed by atoms with E-state index in [-0.39, 0.29) is 19.0 Å². The molecule has 6 heteroatoms. The molecule has 0 radical (unpaired) electrons. The van der Waals surface area contributed by atoms with Crippen LogP contribution in [0.3, 0.4) is 0 Å². The van der Waals surface area contributed by atoms with Gasteiger partial charge in [-0.1, -0.05) is 29.8 Å². The van der Waals surface area contributed by atoms with Crippen molar-refractivity contribution in [3.63, 3.8) is 0 Å². The number of hydrogen-bond acceptors (Lipinski definition) is 6. The van der Waals surface area contributed by atoms with Crippen molar-refractivity contribution < 1.29 is 18.4 Å². The van der Waals surface area contributed by atoms with Crippen molar-refractivity contribution in [1.82, 2.24) is 4.98 Å². The molecule has 6 nitrogen and oxygen atoms in total. The molecule has 32 heavy (non-hydrogen) atoms. The Labute approximate surface area is 184 Å². The van der Waals surface area contributed by atoms with Gasteiger partial charge in [-0.25, -0.2) is 9.78 Å².